The van der Waals surface area contributed by atoms with Gasteiger partial charge in [0.1, 0.15) is 0 Å². The molecule has 1 aromatic carbocycles. The number of benzene rings is 1. The van der Waals surface area contributed by atoms with Gasteiger partial charge in [-0.25, -0.2) is 0 Å². The summed E-state index contributed by atoms with van der Waals surface area (Å²) in [5.41, 5.74) is 1.92. The Bertz CT molecular complexity index is 619. The van der Waals surface area contributed by atoms with Gasteiger partial charge in [0.15, 0.2) is 0 Å². The molecular weight excluding hydrogens is 334 g/mol. The molecule has 1 aliphatic rings. The highest BCUT2D eigenvalue weighted by Crippen LogP contribution is 2.31. The number of hydrogen-bond acceptors (Lipinski definition) is 2. The second kappa shape index (κ2) is 5.70. The lowest BCUT2D eigenvalue weighted by Gasteiger charge is -2.22. The molecule has 0 N–H and O–H groups in total. The standard InChI is InChI=1S/C16H16BrNOS/c1-11-4-5-12(9-15(11)17)16(19)18(13-6-7-13)10-14-3-2-8-20-14/h2-5,8-9,13H,6-7,10H2,1H3. The average Bonchev–Trinajstić information content (AvgIpc) is 3.15. The predicted octanol–water partition coefficient (Wildman–Crippen LogP) is 4.62. The van der Waals surface area contributed by atoms with Gasteiger partial charge in [-0.1, -0.05) is 28.1 Å². The molecule has 104 valence electrons. The second-order valence-corrected chi connectivity index (χ2v) is 7.09. The quantitative estimate of drug-likeness (QED) is 0.788. The highest BCUT2D eigenvalue weighted by atomic mass is 79.9. The summed E-state index contributed by atoms with van der Waals surface area (Å²) in [6, 6.07) is 10.4. The van der Waals surface area contributed by atoms with Crippen molar-refractivity contribution in [2.45, 2.75) is 32.4 Å². The summed E-state index contributed by atoms with van der Waals surface area (Å²) < 4.78 is 0.996. The lowest BCUT2D eigenvalue weighted by atomic mass is 10.1. The van der Waals surface area contributed by atoms with Crippen molar-refractivity contribution in [3.8, 4) is 0 Å². The summed E-state index contributed by atoms with van der Waals surface area (Å²) in [7, 11) is 0. The molecule has 4 heteroatoms. The van der Waals surface area contributed by atoms with E-state index in [1.807, 2.05) is 36.1 Å². The van der Waals surface area contributed by atoms with E-state index in [0.29, 0.717) is 6.04 Å². The van der Waals surface area contributed by atoms with Crippen LogP contribution in [0, 0.1) is 6.92 Å². The summed E-state index contributed by atoms with van der Waals surface area (Å²) >= 11 is 5.22. The van der Waals surface area contributed by atoms with Crippen LogP contribution in [0.25, 0.3) is 0 Å². The Morgan fingerprint density at radius 1 is 1.40 bits per heavy atom. The second-order valence-electron chi connectivity index (χ2n) is 5.21. The van der Waals surface area contributed by atoms with Crippen LogP contribution in [-0.2, 0) is 6.54 Å². The van der Waals surface area contributed by atoms with Crippen molar-refractivity contribution >= 4 is 33.2 Å². The lowest BCUT2D eigenvalue weighted by molar-refractivity contribution is 0.0731. The van der Waals surface area contributed by atoms with E-state index in [0.717, 1.165) is 35.0 Å². The molecule has 0 aliphatic heterocycles. The van der Waals surface area contributed by atoms with Crippen LogP contribution >= 0.6 is 27.3 Å². The van der Waals surface area contributed by atoms with E-state index in [1.165, 1.54) is 4.88 Å². The molecule has 1 aromatic heterocycles. The number of rotatable bonds is 4. The molecule has 1 amide bonds. The third-order valence-electron chi connectivity index (χ3n) is 3.57. The lowest BCUT2D eigenvalue weighted by Crippen LogP contribution is -2.32. The van der Waals surface area contributed by atoms with Crippen LogP contribution in [-0.4, -0.2) is 16.8 Å². The zero-order valence-electron chi connectivity index (χ0n) is 11.3. The molecule has 1 fully saturated rings. The summed E-state index contributed by atoms with van der Waals surface area (Å²) in [6.45, 7) is 2.76. The van der Waals surface area contributed by atoms with E-state index in [9.17, 15) is 4.79 Å². The molecule has 0 atom stereocenters. The van der Waals surface area contributed by atoms with Crippen molar-refractivity contribution in [2.24, 2.45) is 0 Å². The molecule has 0 saturated heterocycles. The van der Waals surface area contributed by atoms with E-state index in [1.54, 1.807) is 11.3 Å². The highest BCUT2D eigenvalue weighted by Gasteiger charge is 2.33. The van der Waals surface area contributed by atoms with Crippen molar-refractivity contribution < 1.29 is 4.79 Å². The van der Waals surface area contributed by atoms with Gasteiger partial charge in [0.05, 0.1) is 6.54 Å². The van der Waals surface area contributed by atoms with E-state index < -0.39 is 0 Å². The average molecular weight is 350 g/mol. The monoisotopic (exact) mass is 349 g/mol. The molecule has 2 aromatic rings. The zero-order chi connectivity index (χ0) is 14.1. The zero-order valence-corrected chi connectivity index (χ0v) is 13.7. The number of aryl methyl sites for hydroxylation is 1. The molecule has 20 heavy (non-hydrogen) atoms. The predicted molar refractivity (Wildman–Crippen MR) is 86.1 cm³/mol. The number of thiophene rings is 1. The first kappa shape index (κ1) is 13.8. The number of carbonyl (C=O) groups excluding carboxylic acids is 1. The molecule has 3 rings (SSSR count). The smallest absolute Gasteiger partial charge is 0.254 e. The molecule has 0 radical (unpaired) electrons. The van der Waals surface area contributed by atoms with E-state index >= 15 is 0 Å². The fourth-order valence-corrected chi connectivity index (χ4v) is 3.30. The Morgan fingerprint density at radius 2 is 2.20 bits per heavy atom. The van der Waals surface area contributed by atoms with Gasteiger partial charge < -0.3 is 4.90 Å². The van der Waals surface area contributed by atoms with Crippen molar-refractivity contribution in [3.63, 3.8) is 0 Å². The van der Waals surface area contributed by atoms with Crippen molar-refractivity contribution in [2.75, 3.05) is 0 Å². The third-order valence-corrected chi connectivity index (χ3v) is 5.29. The van der Waals surface area contributed by atoms with Crippen LogP contribution in [0.1, 0.15) is 33.6 Å². The maximum absolute atomic E-state index is 12.7. The summed E-state index contributed by atoms with van der Waals surface area (Å²) in [4.78, 5) is 16.0. The van der Waals surface area contributed by atoms with Crippen LogP contribution in [0.2, 0.25) is 0 Å². The Kier molecular flexibility index (Phi) is 3.94. The highest BCUT2D eigenvalue weighted by molar-refractivity contribution is 9.10. The normalized spacial score (nSPS) is 14.3. The molecule has 0 spiro atoms. The third kappa shape index (κ3) is 2.96. The topological polar surface area (TPSA) is 20.3 Å². The molecule has 0 unspecified atom stereocenters. The minimum absolute atomic E-state index is 0.140. The molecule has 1 heterocycles. The summed E-state index contributed by atoms with van der Waals surface area (Å²) in [5, 5.41) is 2.06. The Balaban J connectivity index is 1.83. The largest absolute Gasteiger partial charge is 0.331 e. The SMILES string of the molecule is Cc1ccc(C(=O)N(Cc2cccs2)C2CC2)cc1Br. The Morgan fingerprint density at radius 3 is 2.80 bits per heavy atom. The van der Waals surface area contributed by atoms with Crippen molar-refractivity contribution in [1.82, 2.24) is 4.90 Å². The first-order valence-electron chi connectivity index (χ1n) is 6.74. The molecule has 2 nitrogen and oxygen atoms in total. The number of hydrogen-bond donors (Lipinski definition) is 0. The number of nitrogens with zero attached hydrogens (tertiary/aromatic N) is 1. The molecule has 0 bridgehead atoms. The fraction of sp³-hybridized carbons (Fsp3) is 0.312. The number of amides is 1. The van der Waals surface area contributed by atoms with Gasteiger partial charge in [0.2, 0.25) is 0 Å². The molecule has 1 aliphatic carbocycles. The van der Waals surface area contributed by atoms with Gasteiger partial charge in [-0.05, 0) is 48.9 Å². The first-order valence-corrected chi connectivity index (χ1v) is 8.42. The Labute approximate surface area is 131 Å². The van der Waals surface area contributed by atoms with Crippen molar-refractivity contribution in [1.29, 1.82) is 0 Å². The summed E-state index contributed by atoms with van der Waals surface area (Å²) in [5.74, 6) is 0.140. The van der Waals surface area contributed by atoms with Gasteiger partial charge in [-0.3, -0.25) is 4.79 Å². The van der Waals surface area contributed by atoms with E-state index in [-0.39, 0.29) is 5.91 Å². The van der Waals surface area contributed by atoms with Gasteiger partial charge in [-0.2, -0.15) is 0 Å². The maximum Gasteiger partial charge on any atom is 0.254 e. The van der Waals surface area contributed by atoms with Gasteiger partial charge >= 0.3 is 0 Å². The van der Waals surface area contributed by atoms with Gasteiger partial charge in [-0.15, -0.1) is 11.3 Å². The van der Waals surface area contributed by atoms with Crippen LogP contribution in [0.3, 0.4) is 0 Å². The van der Waals surface area contributed by atoms with Gasteiger partial charge in [0, 0.05) is 21.0 Å². The fourth-order valence-electron chi connectivity index (χ4n) is 2.22. The van der Waals surface area contributed by atoms with Crippen LogP contribution in [0.15, 0.2) is 40.2 Å². The minimum atomic E-state index is 0.140. The Hall–Kier alpha value is -1.13. The van der Waals surface area contributed by atoms with E-state index in [4.69, 9.17) is 0 Å². The van der Waals surface area contributed by atoms with Gasteiger partial charge in [0.25, 0.3) is 5.91 Å². The van der Waals surface area contributed by atoms with Crippen LogP contribution in [0.4, 0.5) is 0 Å². The number of halogens is 1. The minimum Gasteiger partial charge on any atom is -0.331 e. The number of carbonyl (C=O) groups is 1. The molecule has 1 saturated carbocycles. The van der Waals surface area contributed by atoms with Crippen LogP contribution in [0.5, 0.6) is 0 Å². The maximum atomic E-state index is 12.7. The molecular formula is C16H16BrNOS. The van der Waals surface area contributed by atoms with Crippen molar-refractivity contribution in [3.05, 3.63) is 56.2 Å². The van der Waals surface area contributed by atoms with E-state index in [2.05, 4.69) is 27.4 Å². The van der Waals surface area contributed by atoms with Crippen LogP contribution < -0.4 is 0 Å². The summed E-state index contributed by atoms with van der Waals surface area (Å²) in [6.07, 6.45) is 2.26. The first-order chi connectivity index (χ1) is 9.65.